The Morgan fingerprint density at radius 2 is 1.72 bits per heavy atom. The minimum Gasteiger partial charge on any atom is -0.219 e. The molecule has 0 amide bonds. The smallest absolute Gasteiger partial charge is 0.206 e. The van der Waals surface area contributed by atoms with E-state index in [1.54, 1.807) is 49.4 Å². The van der Waals surface area contributed by atoms with Crippen molar-refractivity contribution in [1.82, 2.24) is 0 Å². The monoisotopic (exact) mass is 262 g/mol. The van der Waals surface area contributed by atoms with Gasteiger partial charge in [-0.1, -0.05) is 42.0 Å². The predicted molar refractivity (Wildman–Crippen MR) is 76.1 cm³/mol. The Bertz CT molecular complexity index is 588. The van der Waals surface area contributed by atoms with Crippen LogP contribution in [-0.2, 0) is 9.84 Å². The van der Waals surface area contributed by atoms with Gasteiger partial charge < -0.3 is 0 Å². The normalized spacial score (nSPS) is 12.9. The third kappa shape index (κ3) is 3.44. The summed E-state index contributed by atoms with van der Waals surface area (Å²) in [6.45, 7) is 9.18. The second-order valence-electron chi connectivity index (χ2n) is 4.19. The summed E-state index contributed by atoms with van der Waals surface area (Å²) in [5.41, 5.74) is 1.85. The highest BCUT2D eigenvalue weighted by Gasteiger charge is 2.17. The van der Waals surface area contributed by atoms with Crippen LogP contribution in [0.1, 0.15) is 19.4 Å². The lowest BCUT2D eigenvalue weighted by atomic mass is 10.2. The van der Waals surface area contributed by atoms with Gasteiger partial charge in [-0.2, -0.15) is 0 Å². The predicted octanol–water partition coefficient (Wildman–Crippen LogP) is 3.80. The number of allylic oxidation sites excluding steroid dienone is 4. The number of rotatable bonds is 4. The molecule has 0 heterocycles. The van der Waals surface area contributed by atoms with Gasteiger partial charge in [-0.25, -0.2) is 8.42 Å². The quantitative estimate of drug-likeness (QED) is 0.773. The molecule has 3 heteroatoms. The van der Waals surface area contributed by atoms with Crippen molar-refractivity contribution >= 4 is 9.84 Å². The van der Waals surface area contributed by atoms with Gasteiger partial charge in [0.15, 0.2) is 0 Å². The van der Waals surface area contributed by atoms with Crippen LogP contribution in [0.25, 0.3) is 0 Å². The van der Waals surface area contributed by atoms with Crippen LogP contribution in [0, 0.1) is 6.92 Å². The maximum absolute atomic E-state index is 12.3. The lowest BCUT2D eigenvalue weighted by Crippen LogP contribution is -2.03. The molecule has 0 spiro atoms. The van der Waals surface area contributed by atoms with Gasteiger partial charge in [0.05, 0.1) is 9.80 Å². The zero-order valence-electron chi connectivity index (χ0n) is 11.0. The maximum Gasteiger partial charge on any atom is 0.206 e. The van der Waals surface area contributed by atoms with Crippen LogP contribution >= 0.6 is 0 Å². The summed E-state index contributed by atoms with van der Waals surface area (Å²) in [6.07, 6.45) is 4.87. The van der Waals surface area contributed by atoms with Gasteiger partial charge in [-0.15, -0.1) is 0 Å². The van der Waals surface area contributed by atoms with Crippen molar-refractivity contribution in [2.45, 2.75) is 25.7 Å². The van der Waals surface area contributed by atoms with Crippen molar-refractivity contribution < 1.29 is 8.42 Å². The Balaban J connectivity index is 3.20. The molecule has 0 saturated carbocycles. The Morgan fingerprint density at radius 1 is 1.17 bits per heavy atom. The highest BCUT2D eigenvalue weighted by molar-refractivity contribution is 7.95. The van der Waals surface area contributed by atoms with E-state index in [0.717, 1.165) is 11.1 Å². The molecule has 0 bridgehead atoms. The van der Waals surface area contributed by atoms with E-state index in [1.165, 1.54) is 0 Å². The molecule has 0 aliphatic carbocycles. The van der Waals surface area contributed by atoms with E-state index in [9.17, 15) is 8.42 Å². The van der Waals surface area contributed by atoms with Crippen molar-refractivity contribution in [2.75, 3.05) is 0 Å². The molecule has 18 heavy (non-hydrogen) atoms. The Morgan fingerprint density at radius 3 is 2.17 bits per heavy atom. The summed E-state index contributed by atoms with van der Waals surface area (Å²) in [6, 6.07) is 6.84. The SMILES string of the molecule is C=C(C)/C=C\C(=C/C)S(=O)(=O)c1ccc(C)cc1. The molecule has 1 aromatic carbocycles. The fraction of sp³-hybridized carbons (Fsp3) is 0.200. The Labute approximate surface area is 109 Å². The topological polar surface area (TPSA) is 34.1 Å². The molecular formula is C15H18O2S. The average Bonchev–Trinajstić information content (AvgIpc) is 2.29. The number of hydrogen-bond acceptors (Lipinski definition) is 2. The highest BCUT2D eigenvalue weighted by Crippen LogP contribution is 2.21. The standard InChI is InChI=1S/C15H18O2S/c1-5-14(9-6-12(2)3)18(16,17)15-10-7-13(4)8-11-15/h5-11H,2H2,1,3-4H3/b9-6-,14-5+. The zero-order valence-corrected chi connectivity index (χ0v) is 11.8. The largest absolute Gasteiger partial charge is 0.219 e. The van der Waals surface area contributed by atoms with E-state index in [4.69, 9.17) is 0 Å². The molecule has 0 aromatic heterocycles. The summed E-state index contributed by atoms with van der Waals surface area (Å²) in [5, 5.41) is 0. The third-order valence-corrected chi connectivity index (χ3v) is 4.34. The van der Waals surface area contributed by atoms with Gasteiger partial charge in [0.25, 0.3) is 0 Å². The van der Waals surface area contributed by atoms with Crippen molar-refractivity contribution in [3.8, 4) is 0 Å². The Kier molecular flexibility index (Phi) is 4.68. The van der Waals surface area contributed by atoms with Crippen LogP contribution in [0.15, 0.2) is 64.4 Å². The van der Waals surface area contributed by atoms with Gasteiger partial charge in [0.2, 0.25) is 9.84 Å². The first-order valence-corrected chi connectivity index (χ1v) is 7.18. The van der Waals surface area contributed by atoms with Crippen molar-refractivity contribution in [1.29, 1.82) is 0 Å². The molecule has 0 atom stereocenters. The first-order valence-electron chi connectivity index (χ1n) is 5.69. The van der Waals surface area contributed by atoms with Crippen LogP contribution in [0.3, 0.4) is 0 Å². The summed E-state index contributed by atoms with van der Waals surface area (Å²) in [4.78, 5) is 0.599. The van der Waals surface area contributed by atoms with E-state index in [0.29, 0.717) is 4.90 Å². The van der Waals surface area contributed by atoms with Gasteiger partial charge >= 0.3 is 0 Å². The lowest BCUT2D eigenvalue weighted by Gasteiger charge is -2.05. The van der Waals surface area contributed by atoms with Crippen molar-refractivity contribution in [2.24, 2.45) is 0 Å². The molecule has 1 aromatic rings. The third-order valence-electron chi connectivity index (χ3n) is 2.46. The summed E-state index contributed by atoms with van der Waals surface area (Å²) in [7, 11) is -3.43. The van der Waals surface area contributed by atoms with Gasteiger partial charge in [-0.05, 0) is 39.0 Å². The fourth-order valence-corrected chi connectivity index (χ4v) is 2.74. The molecule has 0 radical (unpaired) electrons. The summed E-state index contributed by atoms with van der Waals surface area (Å²) >= 11 is 0. The summed E-state index contributed by atoms with van der Waals surface area (Å²) < 4.78 is 24.7. The molecule has 96 valence electrons. The molecule has 0 saturated heterocycles. The van der Waals surface area contributed by atoms with E-state index in [1.807, 2.05) is 13.8 Å². The lowest BCUT2D eigenvalue weighted by molar-refractivity contribution is 0.603. The molecule has 1 rings (SSSR count). The minimum absolute atomic E-state index is 0.286. The minimum atomic E-state index is -3.43. The zero-order chi connectivity index (χ0) is 13.8. The van der Waals surface area contributed by atoms with E-state index >= 15 is 0 Å². The van der Waals surface area contributed by atoms with E-state index in [2.05, 4.69) is 6.58 Å². The van der Waals surface area contributed by atoms with E-state index in [-0.39, 0.29) is 4.91 Å². The van der Waals surface area contributed by atoms with Crippen LogP contribution in [0.2, 0.25) is 0 Å². The number of hydrogen-bond donors (Lipinski definition) is 0. The van der Waals surface area contributed by atoms with Crippen molar-refractivity contribution in [3.63, 3.8) is 0 Å². The molecule has 0 aliphatic rings. The van der Waals surface area contributed by atoms with Crippen LogP contribution in [0.5, 0.6) is 0 Å². The number of benzene rings is 1. The van der Waals surface area contributed by atoms with Gasteiger partial charge in [-0.3, -0.25) is 0 Å². The molecule has 0 unspecified atom stereocenters. The molecular weight excluding hydrogens is 244 g/mol. The second kappa shape index (κ2) is 5.83. The van der Waals surface area contributed by atoms with Crippen LogP contribution in [-0.4, -0.2) is 8.42 Å². The molecule has 0 aliphatic heterocycles. The van der Waals surface area contributed by atoms with Gasteiger partial charge in [0.1, 0.15) is 0 Å². The Hall–Kier alpha value is -1.61. The number of aryl methyl sites for hydroxylation is 1. The highest BCUT2D eigenvalue weighted by atomic mass is 32.2. The first kappa shape index (κ1) is 14.5. The first-order chi connectivity index (χ1) is 8.37. The van der Waals surface area contributed by atoms with E-state index < -0.39 is 9.84 Å². The molecule has 0 fully saturated rings. The maximum atomic E-state index is 12.3. The average molecular weight is 262 g/mol. The second-order valence-corrected chi connectivity index (χ2v) is 6.14. The van der Waals surface area contributed by atoms with Crippen molar-refractivity contribution in [3.05, 3.63) is 65.1 Å². The van der Waals surface area contributed by atoms with Crippen LogP contribution < -0.4 is 0 Å². The van der Waals surface area contributed by atoms with Gasteiger partial charge in [0, 0.05) is 0 Å². The fourth-order valence-electron chi connectivity index (χ4n) is 1.42. The molecule has 2 nitrogen and oxygen atoms in total. The number of sulfone groups is 1. The summed E-state index contributed by atoms with van der Waals surface area (Å²) in [5.74, 6) is 0. The van der Waals surface area contributed by atoms with Crippen LogP contribution in [0.4, 0.5) is 0 Å². The molecule has 0 N–H and O–H groups in total.